The summed E-state index contributed by atoms with van der Waals surface area (Å²) in [6.07, 6.45) is 0. The van der Waals surface area contributed by atoms with Crippen LogP contribution in [0, 0.1) is 0 Å². The topological polar surface area (TPSA) is 101 Å². The van der Waals surface area contributed by atoms with E-state index in [1.165, 1.54) is 6.07 Å². The maximum absolute atomic E-state index is 12.1. The zero-order chi connectivity index (χ0) is 16.4. The van der Waals surface area contributed by atoms with Crippen LogP contribution in [0.15, 0.2) is 18.2 Å². The van der Waals surface area contributed by atoms with Crippen LogP contribution < -0.4 is 10.6 Å². The molecular formula is C14H22N2O4S. The van der Waals surface area contributed by atoms with Gasteiger partial charge < -0.3 is 15.7 Å². The van der Waals surface area contributed by atoms with Gasteiger partial charge in [0.25, 0.3) is 0 Å². The van der Waals surface area contributed by atoms with Gasteiger partial charge in [-0.3, -0.25) is 0 Å². The van der Waals surface area contributed by atoms with Crippen molar-refractivity contribution in [3.8, 4) is 0 Å². The second-order valence-electron chi connectivity index (χ2n) is 5.93. The number of carboxylic acid groups (broad SMARTS) is 1. The van der Waals surface area contributed by atoms with Gasteiger partial charge in [0.1, 0.15) is 0 Å². The number of nitrogens with zero attached hydrogens (tertiary/aromatic N) is 1. The van der Waals surface area contributed by atoms with Gasteiger partial charge >= 0.3 is 5.97 Å². The Bertz CT molecular complexity index is 633. The van der Waals surface area contributed by atoms with E-state index in [1.54, 1.807) is 44.9 Å². The van der Waals surface area contributed by atoms with Gasteiger partial charge in [-0.25, -0.2) is 13.2 Å². The van der Waals surface area contributed by atoms with Crippen LogP contribution in [0.5, 0.6) is 0 Å². The van der Waals surface area contributed by atoms with E-state index in [2.05, 4.69) is 0 Å². The maximum atomic E-state index is 12.1. The fourth-order valence-corrected chi connectivity index (χ4v) is 2.87. The molecule has 0 radical (unpaired) electrons. The van der Waals surface area contributed by atoms with Gasteiger partial charge in [0, 0.05) is 19.3 Å². The highest BCUT2D eigenvalue weighted by Crippen LogP contribution is 2.23. The summed E-state index contributed by atoms with van der Waals surface area (Å²) in [5, 5.41) is 9.20. The predicted molar refractivity (Wildman–Crippen MR) is 84.6 cm³/mol. The molecule has 1 aromatic rings. The summed E-state index contributed by atoms with van der Waals surface area (Å²) in [7, 11) is -1.59. The van der Waals surface area contributed by atoms with E-state index < -0.39 is 20.6 Å². The lowest BCUT2D eigenvalue weighted by Crippen LogP contribution is -2.35. The van der Waals surface area contributed by atoms with E-state index in [4.69, 9.17) is 5.73 Å². The Hall–Kier alpha value is -1.76. The van der Waals surface area contributed by atoms with E-state index in [0.29, 0.717) is 11.4 Å². The smallest absolute Gasteiger partial charge is 0.337 e. The molecule has 0 saturated carbocycles. The lowest BCUT2D eigenvalue weighted by Gasteiger charge is -2.24. The Labute approximate surface area is 125 Å². The summed E-state index contributed by atoms with van der Waals surface area (Å²) in [4.78, 5) is 12.9. The number of nitrogen functional groups attached to an aromatic ring is 1. The predicted octanol–water partition coefficient (Wildman–Crippen LogP) is 1.62. The summed E-state index contributed by atoms with van der Waals surface area (Å²) in [5.41, 5.74) is 6.45. The average Bonchev–Trinajstić information content (AvgIpc) is 2.34. The van der Waals surface area contributed by atoms with Gasteiger partial charge in [0.15, 0.2) is 9.84 Å². The molecule has 0 atom stereocenters. The Morgan fingerprint density at radius 1 is 1.33 bits per heavy atom. The highest BCUT2D eigenvalue weighted by molar-refractivity contribution is 7.92. The minimum atomic E-state index is -3.26. The van der Waals surface area contributed by atoms with Crippen LogP contribution in [0.3, 0.4) is 0 Å². The third-order valence-corrected chi connectivity index (χ3v) is 5.88. The molecule has 118 valence electrons. The first-order chi connectivity index (χ1) is 9.45. The van der Waals surface area contributed by atoms with E-state index in [-0.39, 0.29) is 17.9 Å². The average molecular weight is 314 g/mol. The van der Waals surface area contributed by atoms with Gasteiger partial charge in [-0.2, -0.15) is 0 Å². The first-order valence-corrected chi connectivity index (χ1v) is 8.17. The molecular weight excluding hydrogens is 292 g/mol. The van der Waals surface area contributed by atoms with E-state index in [1.807, 2.05) is 0 Å². The highest BCUT2D eigenvalue weighted by Gasteiger charge is 2.29. The quantitative estimate of drug-likeness (QED) is 0.801. The molecule has 0 fully saturated rings. The van der Waals surface area contributed by atoms with Crippen LogP contribution in [0.4, 0.5) is 11.4 Å². The number of benzene rings is 1. The largest absolute Gasteiger partial charge is 0.478 e. The molecule has 0 bridgehead atoms. The van der Waals surface area contributed by atoms with Crippen molar-refractivity contribution in [1.29, 1.82) is 0 Å². The minimum absolute atomic E-state index is 0.0452. The third-order valence-electron chi connectivity index (χ3n) is 3.29. The van der Waals surface area contributed by atoms with Crippen LogP contribution in [-0.4, -0.2) is 43.6 Å². The Morgan fingerprint density at radius 3 is 2.38 bits per heavy atom. The molecule has 0 spiro atoms. The Morgan fingerprint density at radius 2 is 1.90 bits per heavy atom. The summed E-state index contributed by atoms with van der Waals surface area (Å²) < 4.78 is 23.4. The number of carboxylic acids is 1. The van der Waals surface area contributed by atoms with Crippen LogP contribution in [0.25, 0.3) is 0 Å². The molecule has 0 amide bonds. The third kappa shape index (κ3) is 4.10. The second kappa shape index (κ2) is 5.93. The number of rotatable bonds is 5. The fraction of sp³-hybridized carbons (Fsp3) is 0.500. The van der Waals surface area contributed by atoms with Crippen molar-refractivity contribution in [2.75, 3.05) is 30.0 Å². The number of hydrogen-bond acceptors (Lipinski definition) is 5. The van der Waals surface area contributed by atoms with Crippen molar-refractivity contribution in [1.82, 2.24) is 0 Å². The van der Waals surface area contributed by atoms with Crippen molar-refractivity contribution in [2.45, 2.75) is 25.5 Å². The highest BCUT2D eigenvalue weighted by atomic mass is 32.2. The molecule has 0 saturated heterocycles. The van der Waals surface area contributed by atoms with Crippen molar-refractivity contribution in [2.24, 2.45) is 0 Å². The summed E-state index contributed by atoms with van der Waals surface area (Å²) >= 11 is 0. The summed E-state index contributed by atoms with van der Waals surface area (Å²) in [6.45, 7) is 5.15. The zero-order valence-electron chi connectivity index (χ0n) is 12.8. The zero-order valence-corrected chi connectivity index (χ0v) is 13.6. The van der Waals surface area contributed by atoms with Gasteiger partial charge in [-0.1, -0.05) is 0 Å². The number of sulfone groups is 1. The molecule has 0 aromatic heterocycles. The molecule has 3 N–H and O–H groups in total. The van der Waals surface area contributed by atoms with E-state index >= 15 is 0 Å². The molecule has 6 nitrogen and oxygen atoms in total. The SMILES string of the molecule is CN(CCS(=O)(=O)C(C)(C)C)c1ccc(N)cc1C(=O)O. The first-order valence-electron chi connectivity index (χ1n) is 6.52. The standard InChI is InChI=1S/C14H22N2O4S/c1-14(2,3)21(19,20)8-7-16(4)12-6-5-10(15)9-11(12)13(17)18/h5-6,9H,7-8,15H2,1-4H3,(H,17,18). The van der Waals surface area contributed by atoms with E-state index in [0.717, 1.165) is 0 Å². The molecule has 1 aromatic carbocycles. The molecule has 0 heterocycles. The molecule has 1 rings (SSSR count). The Balaban J connectivity index is 2.96. The molecule has 0 aliphatic heterocycles. The maximum Gasteiger partial charge on any atom is 0.337 e. The van der Waals surface area contributed by atoms with Crippen molar-refractivity contribution >= 4 is 27.2 Å². The van der Waals surface area contributed by atoms with Gasteiger partial charge in [-0.15, -0.1) is 0 Å². The molecule has 21 heavy (non-hydrogen) atoms. The lowest BCUT2D eigenvalue weighted by molar-refractivity contribution is 0.0697. The van der Waals surface area contributed by atoms with Gasteiger partial charge in [0.2, 0.25) is 0 Å². The van der Waals surface area contributed by atoms with Crippen LogP contribution in [0.2, 0.25) is 0 Å². The summed E-state index contributed by atoms with van der Waals surface area (Å²) in [5.74, 6) is -1.14. The molecule has 0 aliphatic carbocycles. The van der Waals surface area contributed by atoms with Crippen molar-refractivity contribution in [3.63, 3.8) is 0 Å². The number of carbonyl (C=O) groups is 1. The number of nitrogens with two attached hydrogens (primary N) is 1. The number of hydrogen-bond donors (Lipinski definition) is 2. The molecule has 0 aliphatic rings. The van der Waals surface area contributed by atoms with Crippen LogP contribution >= 0.6 is 0 Å². The molecule has 7 heteroatoms. The minimum Gasteiger partial charge on any atom is -0.478 e. The number of anilines is 2. The summed E-state index contributed by atoms with van der Waals surface area (Å²) in [6, 6.07) is 4.55. The van der Waals surface area contributed by atoms with Crippen LogP contribution in [-0.2, 0) is 9.84 Å². The monoisotopic (exact) mass is 314 g/mol. The number of aromatic carboxylic acids is 1. The van der Waals surface area contributed by atoms with Gasteiger partial charge in [0.05, 0.1) is 21.8 Å². The van der Waals surface area contributed by atoms with Crippen molar-refractivity contribution in [3.05, 3.63) is 23.8 Å². The van der Waals surface area contributed by atoms with E-state index in [9.17, 15) is 18.3 Å². The fourth-order valence-electron chi connectivity index (χ4n) is 1.74. The molecule has 0 unspecified atom stereocenters. The first kappa shape index (κ1) is 17.3. The van der Waals surface area contributed by atoms with Crippen molar-refractivity contribution < 1.29 is 18.3 Å². The Kier molecular flexibility index (Phi) is 4.88. The lowest BCUT2D eigenvalue weighted by atomic mass is 10.1. The van der Waals surface area contributed by atoms with Gasteiger partial charge in [-0.05, 0) is 39.0 Å². The van der Waals surface area contributed by atoms with Crippen LogP contribution in [0.1, 0.15) is 31.1 Å². The normalized spacial score (nSPS) is 12.2. The second-order valence-corrected chi connectivity index (χ2v) is 8.80.